The van der Waals surface area contributed by atoms with Gasteiger partial charge in [-0.15, -0.1) is 6.42 Å². The number of carbonyl (C=O) groups excluding carboxylic acids is 1. The number of benzene rings is 2. The Bertz CT molecular complexity index is 1050. The topological polar surface area (TPSA) is 109 Å². The first-order valence-electron chi connectivity index (χ1n) is 8.10. The molecule has 8 heteroatoms. The van der Waals surface area contributed by atoms with Gasteiger partial charge in [0.2, 0.25) is 0 Å². The smallest absolute Gasteiger partial charge is 0.335 e. The lowest BCUT2D eigenvalue weighted by Gasteiger charge is -2.12. The van der Waals surface area contributed by atoms with Crippen LogP contribution in [0.25, 0.3) is 6.08 Å². The van der Waals surface area contributed by atoms with Gasteiger partial charge in [-0.2, -0.15) is 5.26 Å². The molecule has 0 heterocycles. The van der Waals surface area contributed by atoms with Gasteiger partial charge in [0.1, 0.15) is 18.2 Å². The van der Waals surface area contributed by atoms with Crippen molar-refractivity contribution >= 4 is 35.2 Å². The molecule has 0 radical (unpaired) electrons. The van der Waals surface area contributed by atoms with Gasteiger partial charge < -0.3 is 19.9 Å². The fraction of sp³-hybridized carbons (Fsp3) is 0.0952. The van der Waals surface area contributed by atoms with Gasteiger partial charge in [-0.3, -0.25) is 4.79 Å². The molecule has 7 nitrogen and oxygen atoms in total. The second-order valence-corrected chi connectivity index (χ2v) is 5.94. The standard InChI is InChI=1S/C21H15ClN2O5/c1-3-8-29-19-17(22)10-13(11-18(19)28-2)9-15(12-23)20(25)24-16-6-4-14(5-7-16)21(26)27/h1,4-7,9-11H,8H2,2H3,(H,24,25)(H,26,27)/b15-9+. The second kappa shape index (κ2) is 9.84. The summed E-state index contributed by atoms with van der Waals surface area (Å²) in [5.41, 5.74) is 0.665. The number of anilines is 1. The van der Waals surface area contributed by atoms with E-state index in [2.05, 4.69) is 11.2 Å². The highest BCUT2D eigenvalue weighted by Gasteiger charge is 2.14. The van der Waals surface area contributed by atoms with Crippen LogP contribution in [0, 0.1) is 23.7 Å². The molecule has 0 aliphatic carbocycles. The first-order valence-corrected chi connectivity index (χ1v) is 8.47. The first-order chi connectivity index (χ1) is 13.9. The average molecular weight is 411 g/mol. The van der Waals surface area contributed by atoms with Crippen molar-refractivity contribution in [3.63, 3.8) is 0 Å². The Kier molecular flexibility index (Phi) is 7.25. The molecule has 0 fully saturated rings. The summed E-state index contributed by atoms with van der Waals surface area (Å²) in [4.78, 5) is 23.3. The molecule has 2 aromatic carbocycles. The normalized spacial score (nSPS) is 10.4. The number of hydrogen-bond donors (Lipinski definition) is 2. The molecule has 0 saturated heterocycles. The molecule has 0 aromatic heterocycles. The van der Waals surface area contributed by atoms with Crippen LogP contribution < -0.4 is 14.8 Å². The van der Waals surface area contributed by atoms with Crippen LogP contribution in [0.3, 0.4) is 0 Å². The number of nitriles is 1. The van der Waals surface area contributed by atoms with E-state index < -0.39 is 11.9 Å². The van der Waals surface area contributed by atoms with Gasteiger partial charge in [-0.05, 0) is 48.0 Å². The minimum atomic E-state index is -1.08. The number of nitrogens with one attached hydrogen (secondary N) is 1. The Morgan fingerprint density at radius 1 is 1.31 bits per heavy atom. The van der Waals surface area contributed by atoms with E-state index in [4.69, 9.17) is 32.6 Å². The number of methoxy groups -OCH3 is 1. The predicted octanol–water partition coefficient (Wildman–Crippen LogP) is 3.60. The molecule has 2 rings (SSSR count). The molecule has 0 saturated carbocycles. The van der Waals surface area contributed by atoms with Crippen LogP contribution in [0.1, 0.15) is 15.9 Å². The minimum absolute atomic E-state index is 0.00220. The molecular formula is C21H15ClN2O5. The van der Waals surface area contributed by atoms with Gasteiger partial charge in [0.05, 0.1) is 17.7 Å². The number of nitrogens with zero attached hydrogens (tertiary/aromatic N) is 1. The number of carboxylic acid groups (broad SMARTS) is 1. The third-order valence-corrected chi connectivity index (χ3v) is 3.90. The molecule has 29 heavy (non-hydrogen) atoms. The van der Waals surface area contributed by atoms with E-state index in [-0.39, 0.29) is 28.5 Å². The second-order valence-electron chi connectivity index (χ2n) is 5.53. The van der Waals surface area contributed by atoms with Crippen molar-refractivity contribution in [1.29, 1.82) is 5.26 Å². The van der Waals surface area contributed by atoms with Gasteiger partial charge in [-0.25, -0.2) is 4.79 Å². The Labute approximate surface area is 172 Å². The highest BCUT2D eigenvalue weighted by atomic mass is 35.5. The van der Waals surface area contributed by atoms with Gasteiger partial charge in [0.25, 0.3) is 5.91 Å². The molecule has 2 aromatic rings. The van der Waals surface area contributed by atoms with E-state index in [1.54, 1.807) is 6.07 Å². The number of hydrogen-bond acceptors (Lipinski definition) is 5. The molecule has 0 aliphatic rings. The van der Waals surface area contributed by atoms with E-state index in [0.717, 1.165) is 0 Å². The van der Waals surface area contributed by atoms with Crippen molar-refractivity contribution in [1.82, 2.24) is 0 Å². The van der Waals surface area contributed by atoms with Gasteiger partial charge >= 0.3 is 5.97 Å². The summed E-state index contributed by atoms with van der Waals surface area (Å²) in [5, 5.41) is 21.0. The van der Waals surface area contributed by atoms with Crippen LogP contribution >= 0.6 is 11.6 Å². The van der Waals surface area contributed by atoms with Crippen molar-refractivity contribution < 1.29 is 24.2 Å². The number of halogens is 1. The summed E-state index contributed by atoms with van der Waals surface area (Å²) in [5.74, 6) is 1.12. The minimum Gasteiger partial charge on any atom is -0.493 e. The molecule has 0 unspecified atom stereocenters. The number of aromatic carboxylic acids is 1. The number of rotatable bonds is 7. The van der Waals surface area contributed by atoms with E-state index in [9.17, 15) is 14.9 Å². The highest BCUT2D eigenvalue weighted by Crippen LogP contribution is 2.37. The summed E-state index contributed by atoms with van der Waals surface area (Å²) in [6, 6.07) is 10.4. The summed E-state index contributed by atoms with van der Waals surface area (Å²) in [6.45, 7) is -0.00220. The molecule has 0 spiro atoms. The lowest BCUT2D eigenvalue weighted by atomic mass is 10.1. The lowest BCUT2D eigenvalue weighted by molar-refractivity contribution is -0.112. The molecular weight excluding hydrogens is 396 g/mol. The number of carboxylic acids is 1. The average Bonchev–Trinajstić information content (AvgIpc) is 2.71. The van der Waals surface area contributed by atoms with Crippen molar-refractivity contribution in [2.45, 2.75) is 0 Å². The maximum absolute atomic E-state index is 12.4. The van der Waals surface area contributed by atoms with Crippen LogP contribution in [0.4, 0.5) is 5.69 Å². The zero-order valence-corrected chi connectivity index (χ0v) is 16.0. The summed E-state index contributed by atoms with van der Waals surface area (Å²) in [6.07, 6.45) is 6.51. The van der Waals surface area contributed by atoms with Gasteiger partial charge in [0.15, 0.2) is 11.5 Å². The van der Waals surface area contributed by atoms with Crippen molar-refractivity contribution in [3.05, 3.63) is 58.1 Å². The molecule has 0 bridgehead atoms. The molecule has 0 atom stereocenters. The van der Waals surface area contributed by atoms with Gasteiger partial charge in [-0.1, -0.05) is 17.5 Å². The van der Waals surface area contributed by atoms with E-state index >= 15 is 0 Å². The molecule has 2 N–H and O–H groups in total. The number of terminal acetylenes is 1. The fourth-order valence-corrected chi connectivity index (χ4v) is 2.56. The lowest BCUT2D eigenvalue weighted by Crippen LogP contribution is -2.13. The van der Waals surface area contributed by atoms with Crippen LogP contribution in [0.2, 0.25) is 5.02 Å². The summed E-state index contributed by atoms with van der Waals surface area (Å²) >= 11 is 6.19. The first kappa shape index (κ1) is 21.4. The number of ether oxygens (including phenoxy) is 2. The van der Waals surface area contributed by atoms with Crippen LogP contribution in [0.15, 0.2) is 42.0 Å². The number of amides is 1. The molecule has 0 aliphatic heterocycles. The quantitative estimate of drug-likeness (QED) is 0.410. The molecule has 146 valence electrons. The maximum atomic E-state index is 12.4. The predicted molar refractivity (Wildman–Crippen MR) is 108 cm³/mol. The van der Waals surface area contributed by atoms with Crippen molar-refractivity contribution in [2.75, 3.05) is 19.0 Å². The Morgan fingerprint density at radius 3 is 2.55 bits per heavy atom. The number of carbonyl (C=O) groups is 2. The Balaban J connectivity index is 2.27. The fourth-order valence-electron chi connectivity index (χ4n) is 2.29. The summed E-state index contributed by atoms with van der Waals surface area (Å²) < 4.78 is 10.6. The molecule has 1 amide bonds. The van der Waals surface area contributed by atoms with Gasteiger partial charge in [0, 0.05) is 5.69 Å². The third-order valence-electron chi connectivity index (χ3n) is 3.62. The third kappa shape index (κ3) is 5.52. The van der Waals surface area contributed by atoms with Crippen LogP contribution in [-0.2, 0) is 4.79 Å². The Hall–Kier alpha value is -3.94. The van der Waals surface area contributed by atoms with Crippen LogP contribution in [0.5, 0.6) is 11.5 Å². The monoisotopic (exact) mass is 410 g/mol. The van der Waals surface area contributed by atoms with Crippen LogP contribution in [-0.4, -0.2) is 30.7 Å². The van der Waals surface area contributed by atoms with E-state index in [1.807, 2.05) is 6.07 Å². The summed E-state index contributed by atoms with van der Waals surface area (Å²) in [7, 11) is 1.42. The van der Waals surface area contributed by atoms with E-state index in [1.165, 1.54) is 43.5 Å². The zero-order valence-electron chi connectivity index (χ0n) is 15.2. The van der Waals surface area contributed by atoms with Crippen molar-refractivity contribution in [3.8, 4) is 29.9 Å². The zero-order chi connectivity index (χ0) is 21.4. The largest absolute Gasteiger partial charge is 0.493 e. The van der Waals surface area contributed by atoms with E-state index in [0.29, 0.717) is 17.0 Å². The highest BCUT2D eigenvalue weighted by molar-refractivity contribution is 6.32. The maximum Gasteiger partial charge on any atom is 0.335 e. The Morgan fingerprint density at radius 2 is 2.00 bits per heavy atom. The SMILES string of the molecule is C#CCOc1c(Cl)cc(/C=C(\C#N)C(=O)Nc2ccc(C(=O)O)cc2)cc1OC. The van der Waals surface area contributed by atoms with Crippen molar-refractivity contribution in [2.24, 2.45) is 0 Å².